The highest BCUT2D eigenvalue weighted by Crippen LogP contribution is 2.11. The zero-order valence-corrected chi connectivity index (χ0v) is 14.1. The van der Waals surface area contributed by atoms with Crippen LogP contribution in [0.1, 0.15) is 24.2 Å². The summed E-state index contributed by atoms with van der Waals surface area (Å²) in [5, 5.41) is 14.2. The summed E-state index contributed by atoms with van der Waals surface area (Å²) in [6.45, 7) is 3.79. The van der Waals surface area contributed by atoms with Crippen molar-refractivity contribution in [2.45, 2.75) is 19.9 Å². The van der Waals surface area contributed by atoms with E-state index in [1.165, 1.54) is 11.8 Å². The van der Waals surface area contributed by atoms with Crippen LogP contribution in [0.15, 0.2) is 24.3 Å². The Balaban J connectivity index is 0.00000484. The van der Waals surface area contributed by atoms with Crippen molar-refractivity contribution in [3.63, 3.8) is 0 Å². The normalized spacial score (nSPS) is 11.3. The van der Waals surface area contributed by atoms with Crippen LogP contribution in [0.3, 0.4) is 0 Å². The molecule has 1 unspecified atom stereocenters. The van der Waals surface area contributed by atoms with Gasteiger partial charge in [0.1, 0.15) is 6.04 Å². The third-order valence-electron chi connectivity index (χ3n) is 3.16. The number of nitrogens with zero attached hydrogens (tertiary/aromatic N) is 1. The van der Waals surface area contributed by atoms with E-state index in [2.05, 4.69) is 10.6 Å². The van der Waals surface area contributed by atoms with Gasteiger partial charge < -0.3 is 15.7 Å². The van der Waals surface area contributed by atoms with Gasteiger partial charge in [-0.05, 0) is 39.1 Å². The lowest BCUT2D eigenvalue weighted by Crippen LogP contribution is -2.40. The third kappa shape index (κ3) is 6.66. The zero-order chi connectivity index (χ0) is 16.7. The molecule has 0 bridgehead atoms. The van der Waals surface area contributed by atoms with Gasteiger partial charge in [-0.1, -0.05) is 6.07 Å². The van der Waals surface area contributed by atoms with E-state index in [9.17, 15) is 14.4 Å². The summed E-state index contributed by atoms with van der Waals surface area (Å²) in [5.74, 6) is -1.55. The van der Waals surface area contributed by atoms with E-state index in [-0.39, 0.29) is 30.8 Å². The van der Waals surface area contributed by atoms with Crippen molar-refractivity contribution in [3.05, 3.63) is 29.8 Å². The Morgan fingerprint density at radius 1 is 1.30 bits per heavy atom. The van der Waals surface area contributed by atoms with E-state index in [1.807, 2.05) is 6.92 Å². The van der Waals surface area contributed by atoms with Crippen LogP contribution < -0.4 is 10.6 Å². The SMILES string of the molecule is CCNC(=O)c1cccc(NC(=O)CN(C)C(C)C(=O)O)c1.Cl. The van der Waals surface area contributed by atoms with E-state index in [0.717, 1.165) is 0 Å². The average molecular weight is 344 g/mol. The molecule has 3 N–H and O–H groups in total. The van der Waals surface area contributed by atoms with Crippen LogP contribution in [0.25, 0.3) is 0 Å². The van der Waals surface area contributed by atoms with Crippen molar-refractivity contribution in [2.75, 3.05) is 25.5 Å². The number of aliphatic carboxylic acids is 1. The molecule has 0 radical (unpaired) electrons. The predicted molar refractivity (Wildman–Crippen MR) is 90.1 cm³/mol. The molecule has 8 heteroatoms. The first-order valence-electron chi connectivity index (χ1n) is 6.96. The molecule has 2 amide bonds. The number of likely N-dealkylation sites (N-methyl/N-ethyl adjacent to an activating group) is 1. The van der Waals surface area contributed by atoms with Crippen LogP contribution in [-0.2, 0) is 9.59 Å². The molecular formula is C15H22ClN3O4. The lowest BCUT2D eigenvalue weighted by molar-refractivity contribution is -0.142. The maximum Gasteiger partial charge on any atom is 0.320 e. The minimum Gasteiger partial charge on any atom is -0.480 e. The van der Waals surface area contributed by atoms with Crippen molar-refractivity contribution in [3.8, 4) is 0 Å². The van der Waals surface area contributed by atoms with E-state index in [4.69, 9.17) is 5.11 Å². The highest BCUT2D eigenvalue weighted by Gasteiger charge is 2.19. The van der Waals surface area contributed by atoms with Gasteiger partial charge in [-0.15, -0.1) is 12.4 Å². The van der Waals surface area contributed by atoms with Crippen LogP contribution in [0.4, 0.5) is 5.69 Å². The molecule has 0 aromatic heterocycles. The number of carbonyl (C=O) groups excluding carboxylic acids is 2. The first-order valence-corrected chi connectivity index (χ1v) is 6.96. The average Bonchev–Trinajstić information content (AvgIpc) is 2.46. The number of hydrogen-bond acceptors (Lipinski definition) is 4. The molecule has 0 fully saturated rings. The number of carbonyl (C=O) groups is 3. The van der Waals surface area contributed by atoms with Gasteiger partial charge in [-0.25, -0.2) is 0 Å². The third-order valence-corrected chi connectivity index (χ3v) is 3.16. The van der Waals surface area contributed by atoms with Gasteiger partial charge in [0.25, 0.3) is 5.91 Å². The fourth-order valence-electron chi connectivity index (χ4n) is 1.75. The Kier molecular flexibility index (Phi) is 8.90. The van der Waals surface area contributed by atoms with Crippen LogP contribution in [0, 0.1) is 0 Å². The second-order valence-corrected chi connectivity index (χ2v) is 4.92. The van der Waals surface area contributed by atoms with Gasteiger partial charge >= 0.3 is 5.97 Å². The highest BCUT2D eigenvalue weighted by atomic mass is 35.5. The number of halogens is 1. The predicted octanol–water partition coefficient (Wildman–Crippen LogP) is 1.20. The van der Waals surface area contributed by atoms with Crippen LogP contribution in [0.2, 0.25) is 0 Å². The molecule has 0 spiro atoms. The Hall–Kier alpha value is -2.12. The molecule has 0 heterocycles. The molecule has 0 aliphatic carbocycles. The summed E-state index contributed by atoms with van der Waals surface area (Å²) < 4.78 is 0. The van der Waals surface area contributed by atoms with Gasteiger partial charge in [0.05, 0.1) is 6.54 Å². The standard InChI is InChI=1S/C15H21N3O4.ClH/c1-4-16-14(20)11-6-5-7-12(8-11)17-13(19)9-18(3)10(2)15(21)22;/h5-8,10H,4,9H2,1-3H3,(H,16,20)(H,17,19)(H,21,22);1H. The Bertz CT molecular complexity index is 565. The number of benzene rings is 1. The lowest BCUT2D eigenvalue weighted by atomic mass is 10.2. The number of hydrogen-bond donors (Lipinski definition) is 3. The summed E-state index contributed by atoms with van der Waals surface area (Å²) in [5.41, 5.74) is 0.942. The van der Waals surface area contributed by atoms with E-state index in [0.29, 0.717) is 17.8 Å². The fourth-order valence-corrected chi connectivity index (χ4v) is 1.75. The molecule has 0 aliphatic heterocycles. The minimum absolute atomic E-state index is 0. The van der Waals surface area contributed by atoms with Crippen molar-refractivity contribution < 1.29 is 19.5 Å². The molecule has 7 nitrogen and oxygen atoms in total. The number of nitrogens with one attached hydrogen (secondary N) is 2. The van der Waals surface area contributed by atoms with Gasteiger partial charge in [-0.2, -0.15) is 0 Å². The maximum atomic E-state index is 11.9. The van der Waals surface area contributed by atoms with Crippen LogP contribution >= 0.6 is 12.4 Å². The zero-order valence-electron chi connectivity index (χ0n) is 13.3. The molecule has 1 rings (SSSR count). The number of amides is 2. The first kappa shape index (κ1) is 20.9. The quantitative estimate of drug-likeness (QED) is 0.691. The van der Waals surface area contributed by atoms with E-state index in [1.54, 1.807) is 31.3 Å². The molecule has 1 atom stereocenters. The molecular weight excluding hydrogens is 322 g/mol. The van der Waals surface area contributed by atoms with Gasteiger partial charge in [0.15, 0.2) is 0 Å². The monoisotopic (exact) mass is 343 g/mol. The summed E-state index contributed by atoms with van der Waals surface area (Å²) in [6, 6.07) is 5.81. The number of carboxylic acids is 1. The Labute approximate surface area is 141 Å². The molecule has 0 saturated carbocycles. The highest BCUT2D eigenvalue weighted by molar-refractivity contribution is 5.97. The summed E-state index contributed by atoms with van der Waals surface area (Å²) in [4.78, 5) is 35.9. The molecule has 0 aliphatic rings. The molecule has 23 heavy (non-hydrogen) atoms. The summed E-state index contributed by atoms with van der Waals surface area (Å²) >= 11 is 0. The molecule has 0 saturated heterocycles. The largest absolute Gasteiger partial charge is 0.480 e. The second-order valence-electron chi connectivity index (χ2n) is 4.92. The number of rotatable bonds is 7. The van der Waals surface area contributed by atoms with E-state index >= 15 is 0 Å². The Morgan fingerprint density at radius 3 is 2.52 bits per heavy atom. The Morgan fingerprint density at radius 2 is 1.96 bits per heavy atom. The van der Waals surface area contributed by atoms with Crippen molar-refractivity contribution in [1.82, 2.24) is 10.2 Å². The number of anilines is 1. The lowest BCUT2D eigenvalue weighted by Gasteiger charge is -2.20. The molecule has 1 aromatic rings. The van der Waals surface area contributed by atoms with Gasteiger partial charge in [0.2, 0.25) is 5.91 Å². The fraction of sp³-hybridized carbons (Fsp3) is 0.400. The maximum absolute atomic E-state index is 11.9. The van der Waals surface area contributed by atoms with Crippen molar-refractivity contribution >= 4 is 35.9 Å². The summed E-state index contributed by atoms with van der Waals surface area (Å²) in [6.07, 6.45) is 0. The number of carboxylic acid groups (broad SMARTS) is 1. The van der Waals surface area contributed by atoms with Gasteiger partial charge in [0, 0.05) is 17.8 Å². The first-order chi connectivity index (χ1) is 10.3. The van der Waals surface area contributed by atoms with Crippen molar-refractivity contribution in [2.24, 2.45) is 0 Å². The van der Waals surface area contributed by atoms with Gasteiger partial charge in [-0.3, -0.25) is 19.3 Å². The van der Waals surface area contributed by atoms with Crippen LogP contribution in [-0.4, -0.2) is 54.0 Å². The molecule has 1 aromatic carbocycles. The van der Waals surface area contributed by atoms with Crippen molar-refractivity contribution in [1.29, 1.82) is 0 Å². The second kappa shape index (κ2) is 9.81. The van der Waals surface area contributed by atoms with Crippen LogP contribution in [0.5, 0.6) is 0 Å². The topological polar surface area (TPSA) is 98.7 Å². The smallest absolute Gasteiger partial charge is 0.320 e. The minimum atomic E-state index is -0.992. The summed E-state index contributed by atoms with van der Waals surface area (Å²) in [7, 11) is 1.56. The van der Waals surface area contributed by atoms with E-state index < -0.39 is 12.0 Å². The molecule has 128 valence electrons.